The van der Waals surface area contributed by atoms with E-state index in [0.29, 0.717) is 11.4 Å². The van der Waals surface area contributed by atoms with E-state index in [9.17, 15) is 13.2 Å². The second-order valence-electron chi connectivity index (χ2n) is 3.51. The fourth-order valence-electron chi connectivity index (χ4n) is 1.41. The quantitative estimate of drug-likeness (QED) is 0.758. The van der Waals surface area contributed by atoms with Gasteiger partial charge >= 0.3 is 0 Å². The van der Waals surface area contributed by atoms with Crippen LogP contribution >= 0.6 is 0 Å². The molecule has 1 heterocycles. The summed E-state index contributed by atoms with van der Waals surface area (Å²) in [7, 11) is -0.505. The van der Waals surface area contributed by atoms with Crippen LogP contribution in [-0.4, -0.2) is 26.3 Å². The lowest BCUT2D eigenvalue weighted by atomic mass is 10.2. The van der Waals surface area contributed by atoms with Gasteiger partial charge in [0, 0.05) is 32.3 Å². The topological polar surface area (TPSA) is 85.4 Å². The minimum atomic E-state index is -3.41. The lowest BCUT2D eigenvalue weighted by Crippen LogP contribution is -2.32. The molecule has 1 aromatic rings. The number of rotatable bonds is 3. The summed E-state index contributed by atoms with van der Waals surface area (Å²) in [5, 5.41) is 0. The van der Waals surface area contributed by atoms with Crippen LogP contribution in [0.4, 0.5) is 5.82 Å². The summed E-state index contributed by atoms with van der Waals surface area (Å²) in [4.78, 5) is 11.4. The first-order valence-electron chi connectivity index (χ1n) is 4.62. The molecule has 0 spiro atoms. The third-order valence-corrected chi connectivity index (χ3v) is 3.55. The van der Waals surface area contributed by atoms with E-state index in [4.69, 9.17) is 5.73 Å². The Bertz CT molecular complexity index is 548. The molecule has 0 fully saturated rings. The molecule has 0 aliphatic carbocycles. The van der Waals surface area contributed by atoms with Gasteiger partial charge in [-0.1, -0.05) is 0 Å². The molecule has 6 nitrogen and oxygen atoms in total. The Kier molecular flexibility index (Phi) is 3.39. The Morgan fingerprint density at radius 2 is 2.00 bits per heavy atom. The van der Waals surface area contributed by atoms with Crippen LogP contribution in [0.5, 0.6) is 0 Å². The van der Waals surface area contributed by atoms with E-state index < -0.39 is 10.0 Å². The molecule has 2 N–H and O–H groups in total. The molecule has 0 saturated heterocycles. The number of pyridine rings is 1. The summed E-state index contributed by atoms with van der Waals surface area (Å²) in [6.07, 6.45) is 1.07. The Morgan fingerprint density at radius 3 is 2.44 bits per heavy atom. The minimum Gasteiger partial charge on any atom is -0.326 e. The molecule has 16 heavy (non-hydrogen) atoms. The first-order chi connectivity index (χ1) is 7.29. The van der Waals surface area contributed by atoms with Crippen molar-refractivity contribution >= 4 is 15.8 Å². The monoisotopic (exact) mass is 245 g/mol. The van der Waals surface area contributed by atoms with Crippen molar-refractivity contribution in [1.29, 1.82) is 0 Å². The number of nitrogens with two attached hydrogens (primary N) is 1. The van der Waals surface area contributed by atoms with Crippen molar-refractivity contribution in [1.82, 2.24) is 4.57 Å². The molecule has 90 valence electrons. The lowest BCUT2D eigenvalue weighted by Gasteiger charge is -2.22. The number of nitrogens with zero attached hydrogens (tertiary/aromatic N) is 2. The van der Waals surface area contributed by atoms with Crippen molar-refractivity contribution in [2.24, 2.45) is 12.8 Å². The van der Waals surface area contributed by atoms with E-state index in [2.05, 4.69) is 0 Å². The van der Waals surface area contributed by atoms with E-state index in [1.165, 1.54) is 24.7 Å². The molecule has 0 amide bonds. The molecule has 0 saturated carbocycles. The minimum absolute atomic E-state index is 0.170. The van der Waals surface area contributed by atoms with Crippen molar-refractivity contribution in [3.8, 4) is 0 Å². The molecular weight excluding hydrogens is 230 g/mol. The van der Waals surface area contributed by atoms with Gasteiger partial charge in [-0.15, -0.1) is 0 Å². The zero-order chi connectivity index (χ0) is 12.5. The summed E-state index contributed by atoms with van der Waals surface area (Å²) in [6.45, 7) is 0.170. The second kappa shape index (κ2) is 4.26. The highest BCUT2D eigenvalue weighted by Crippen LogP contribution is 2.18. The molecule has 1 rings (SSSR count). The molecule has 1 aromatic heterocycles. The van der Waals surface area contributed by atoms with E-state index in [0.717, 1.165) is 10.6 Å². The third-order valence-electron chi connectivity index (χ3n) is 2.38. The number of anilines is 1. The highest BCUT2D eigenvalue weighted by molar-refractivity contribution is 7.92. The van der Waals surface area contributed by atoms with E-state index >= 15 is 0 Å². The fourth-order valence-corrected chi connectivity index (χ4v) is 1.96. The van der Waals surface area contributed by atoms with Crippen LogP contribution in [0, 0.1) is 0 Å². The first-order valence-corrected chi connectivity index (χ1v) is 6.46. The Labute approximate surface area is 94.3 Å². The van der Waals surface area contributed by atoms with Crippen molar-refractivity contribution < 1.29 is 8.42 Å². The standard InChI is InChI=1S/C9H15N3O3S/c1-11-8(13)5-4-7(6-10)9(11)12(2)16(3,14)15/h4-5H,6,10H2,1-3H3. The maximum atomic E-state index is 11.4. The maximum Gasteiger partial charge on any atom is 0.251 e. The summed E-state index contributed by atoms with van der Waals surface area (Å²) in [5.41, 5.74) is 5.85. The predicted octanol–water partition coefficient (Wildman–Crippen LogP) is -0.760. The van der Waals surface area contributed by atoms with Gasteiger partial charge in [-0.2, -0.15) is 0 Å². The predicted molar refractivity (Wildman–Crippen MR) is 62.8 cm³/mol. The van der Waals surface area contributed by atoms with Gasteiger partial charge in [-0.3, -0.25) is 13.7 Å². The fraction of sp³-hybridized carbons (Fsp3) is 0.444. The van der Waals surface area contributed by atoms with Gasteiger partial charge in [0.1, 0.15) is 5.82 Å². The van der Waals surface area contributed by atoms with E-state index in [1.807, 2.05) is 0 Å². The first kappa shape index (κ1) is 12.7. The summed E-state index contributed by atoms with van der Waals surface area (Å²) in [6, 6.07) is 2.90. The number of hydrogen-bond acceptors (Lipinski definition) is 4. The Morgan fingerprint density at radius 1 is 1.44 bits per heavy atom. The van der Waals surface area contributed by atoms with Gasteiger partial charge in [-0.05, 0) is 6.07 Å². The van der Waals surface area contributed by atoms with Crippen molar-refractivity contribution in [3.63, 3.8) is 0 Å². The van der Waals surface area contributed by atoms with Gasteiger partial charge in [0.2, 0.25) is 10.0 Å². The molecule has 0 aliphatic rings. The average Bonchev–Trinajstić information content (AvgIpc) is 2.19. The molecule has 7 heteroatoms. The van der Waals surface area contributed by atoms with Gasteiger partial charge in [0.05, 0.1) is 6.26 Å². The van der Waals surface area contributed by atoms with Crippen molar-refractivity contribution in [2.45, 2.75) is 6.54 Å². The zero-order valence-corrected chi connectivity index (χ0v) is 10.3. The third kappa shape index (κ3) is 2.25. The summed E-state index contributed by atoms with van der Waals surface area (Å²) in [5.74, 6) is 0.303. The molecule has 0 unspecified atom stereocenters. The van der Waals surface area contributed by atoms with Gasteiger partial charge in [0.25, 0.3) is 5.56 Å². The highest BCUT2D eigenvalue weighted by atomic mass is 32.2. The molecule has 0 bridgehead atoms. The molecule has 0 aromatic carbocycles. The summed E-state index contributed by atoms with van der Waals surface area (Å²) < 4.78 is 25.2. The van der Waals surface area contributed by atoms with Gasteiger partial charge in [-0.25, -0.2) is 8.42 Å². The van der Waals surface area contributed by atoms with Gasteiger partial charge in [0.15, 0.2) is 0 Å². The van der Waals surface area contributed by atoms with Gasteiger partial charge < -0.3 is 5.73 Å². The van der Waals surface area contributed by atoms with Crippen LogP contribution in [0.15, 0.2) is 16.9 Å². The maximum absolute atomic E-state index is 11.4. The van der Waals surface area contributed by atoms with Crippen molar-refractivity contribution in [3.05, 3.63) is 28.0 Å². The highest BCUT2D eigenvalue weighted by Gasteiger charge is 2.18. The van der Waals surface area contributed by atoms with Crippen LogP contribution in [0.3, 0.4) is 0 Å². The SMILES string of the molecule is CN(c1c(CN)ccc(=O)n1C)S(C)(=O)=O. The van der Waals surface area contributed by atoms with Crippen molar-refractivity contribution in [2.75, 3.05) is 17.6 Å². The molecule has 0 aliphatic heterocycles. The average molecular weight is 245 g/mol. The summed E-state index contributed by atoms with van der Waals surface area (Å²) >= 11 is 0. The smallest absolute Gasteiger partial charge is 0.251 e. The van der Waals surface area contributed by atoms with Crippen LogP contribution < -0.4 is 15.6 Å². The molecule has 0 radical (unpaired) electrons. The molecule has 0 atom stereocenters. The van der Waals surface area contributed by atoms with Crippen LogP contribution in [0.25, 0.3) is 0 Å². The van der Waals surface area contributed by atoms with E-state index in [1.54, 1.807) is 6.07 Å². The Balaban J connectivity index is 3.54. The normalized spacial score (nSPS) is 11.5. The van der Waals surface area contributed by atoms with E-state index in [-0.39, 0.29) is 12.1 Å². The number of sulfonamides is 1. The largest absolute Gasteiger partial charge is 0.326 e. The molecular formula is C9H15N3O3S. The van der Waals surface area contributed by atoms with Crippen LogP contribution in [0.1, 0.15) is 5.56 Å². The zero-order valence-electron chi connectivity index (χ0n) is 9.47. The Hall–Kier alpha value is -1.34. The number of hydrogen-bond donors (Lipinski definition) is 1. The van der Waals surface area contributed by atoms with Crippen LogP contribution in [0.2, 0.25) is 0 Å². The second-order valence-corrected chi connectivity index (χ2v) is 5.53. The lowest BCUT2D eigenvalue weighted by molar-refractivity contribution is 0.598. The van der Waals surface area contributed by atoms with Crippen LogP contribution in [-0.2, 0) is 23.6 Å². The number of aromatic nitrogens is 1.